The zero-order valence-corrected chi connectivity index (χ0v) is 18.2. The fourth-order valence-electron chi connectivity index (χ4n) is 3.59. The molecule has 0 spiro atoms. The molecule has 11 heteroatoms. The summed E-state index contributed by atoms with van der Waals surface area (Å²) in [6.07, 6.45) is -3.84. The summed E-state index contributed by atoms with van der Waals surface area (Å²) in [5.41, 5.74) is -1.43. The van der Waals surface area contributed by atoms with Gasteiger partial charge in [0.2, 0.25) is 5.88 Å². The fourth-order valence-corrected chi connectivity index (χ4v) is 3.59. The number of rotatable bonds is 5. The molecule has 1 atom stereocenters. The van der Waals surface area contributed by atoms with E-state index in [2.05, 4.69) is 4.98 Å². The quantitative estimate of drug-likeness (QED) is 0.473. The lowest BCUT2D eigenvalue weighted by Crippen LogP contribution is -2.41. The van der Waals surface area contributed by atoms with E-state index in [1.807, 2.05) is 18.9 Å². The van der Waals surface area contributed by atoms with Crippen LogP contribution in [-0.2, 0) is 19.3 Å². The number of anilines is 1. The number of hydrogen-bond acceptors (Lipinski definition) is 5. The molecule has 0 radical (unpaired) electrons. The van der Waals surface area contributed by atoms with Crippen molar-refractivity contribution in [1.82, 2.24) is 9.55 Å². The summed E-state index contributed by atoms with van der Waals surface area (Å²) < 4.78 is 79.7. The van der Waals surface area contributed by atoms with Gasteiger partial charge in [-0.25, -0.2) is 13.6 Å². The first-order valence-electron chi connectivity index (χ1n) is 10.3. The first kappa shape index (κ1) is 23.5. The van der Waals surface area contributed by atoms with Crippen LogP contribution < -0.4 is 20.1 Å². The summed E-state index contributed by atoms with van der Waals surface area (Å²) in [5.74, 6) is -2.83. The van der Waals surface area contributed by atoms with Crippen LogP contribution in [0, 0.1) is 11.6 Å². The average Bonchev–Trinajstić information content (AvgIpc) is 2.77. The lowest BCUT2D eigenvalue weighted by atomic mass is 10.1. The Morgan fingerprint density at radius 2 is 1.82 bits per heavy atom. The normalized spacial score (nSPS) is 15.7. The highest BCUT2D eigenvalue weighted by atomic mass is 19.4. The maximum atomic E-state index is 14.5. The third-order valence-electron chi connectivity index (χ3n) is 5.58. The third-order valence-corrected chi connectivity index (χ3v) is 5.58. The van der Waals surface area contributed by atoms with Crippen LogP contribution in [0.25, 0.3) is 0 Å². The van der Waals surface area contributed by atoms with Gasteiger partial charge in [-0.3, -0.25) is 4.57 Å². The van der Waals surface area contributed by atoms with Crippen LogP contribution in [0.1, 0.15) is 24.5 Å². The highest BCUT2D eigenvalue weighted by Crippen LogP contribution is 2.34. The minimum absolute atomic E-state index is 0.00214. The molecular weight excluding hydrogens is 461 g/mol. The summed E-state index contributed by atoms with van der Waals surface area (Å²) in [4.78, 5) is 18.1. The number of hydrogen-bond donors (Lipinski definition) is 0. The first-order chi connectivity index (χ1) is 16.0. The summed E-state index contributed by atoms with van der Waals surface area (Å²) >= 11 is 0. The average molecular weight is 481 g/mol. The number of alkyl halides is 3. The van der Waals surface area contributed by atoms with Crippen LogP contribution in [-0.4, -0.2) is 22.6 Å². The molecule has 0 aliphatic carbocycles. The standard InChI is InChI=1S/C23H20F5N3O3/c1-13-6-7-31-20(30(13)2)11-19(29-22(31)32)33-12-14-8-17(24)21(18(25)9-14)34-16-5-3-4-15(10-16)23(26,27)28/h3-5,8-11,13H,6-7,12H2,1-2H3/t13-/m0/s1. The molecule has 0 bridgehead atoms. The Morgan fingerprint density at radius 3 is 2.50 bits per heavy atom. The SMILES string of the molecule is C[C@H]1CCn2c(cc(OCc3cc(F)c(Oc4cccc(C(F)(F)F)c4)c(F)c3)nc2=O)N1C. The molecule has 34 heavy (non-hydrogen) atoms. The van der Waals surface area contributed by atoms with Gasteiger partial charge >= 0.3 is 11.9 Å². The Morgan fingerprint density at radius 1 is 1.12 bits per heavy atom. The molecule has 6 nitrogen and oxygen atoms in total. The Kier molecular flexibility index (Phi) is 6.20. The Labute approximate surface area is 191 Å². The molecule has 0 amide bonds. The van der Waals surface area contributed by atoms with E-state index < -0.39 is 34.8 Å². The van der Waals surface area contributed by atoms with E-state index in [1.165, 1.54) is 4.57 Å². The van der Waals surface area contributed by atoms with Gasteiger partial charge in [0.1, 0.15) is 18.2 Å². The lowest BCUT2D eigenvalue weighted by molar-refractivity contribution is -0.137. The Hall–Kier alpha value is -3.63. The highest BCUT2D eigenvalue weighted by Gasteiger charge is 2.31. The Balaban J connectivity index is 1.51. The molecule has 0 saturated carbocycles. The molecule has 180 valence electrons. The minimum atomic E-state index is -4.63. The van der Waals surface area contributed by atoms with Crippen molar-refractivity contribution in [3.63, 3.8) is 0 Å². The number of halogens is 5. The topological polar surface area (TPSA) is 56.6 Å². The lowest BCUT2D eigenvalue weighted by Gasteiger charge is -2.34. The van der Waals surface area contributed by atoms with E-state index in [1.54, 1.807) is 6.07 Å². The first-order valence-corrected chi connectivity index (χ1v) is 10.3. The predicted molar refractivity (Wildman–Crippen MR) is 113 cm³/mol. The van der Waals surface area contributed by atoms with Crippen molar-refractivity contribution >= 4 is 5.82 Å². The molecule has 2 heterocycles. The largest absolute Gasteiger partial charge is 0.473 e. The number of fused-ring (bicyclic) bond motifs is 1. The van der Waals surface area contributed by atoms with Gasteiger partial charge < -0.3 is 14.4 Å². The van der Waals surface area contributed by atoms with Crippen LogP contribution in [0.15, 0.2) is 47.3 Å². The van der Waals surface area contributed by atoms with E-state index in [0.29, 0.717) is 18.4 Å². The maximum absolute atomic E-state index is 14.5. The van der Waals surface area contributed by atoms with Gasteiger partial charge in [0.25, 0.3) is 0 Å². The number of aromatic nitrogens is 2. The van der Waals surface area contributed by atoms with E-state index in [0.717, 1.165) is 36.8 Å². The second-order valence-corrected chi connectivity index (χ2v) is 7.94. The smallest absolute Gasteiger partial charge is 0.416 e. The molecule has 0 fully saturated rings. The van der Waals surface area contributed by atoms with Crippen molar-refractivity contribution in [3.05, 3.63) is 75.7 Å². The van der Waals surface area contributed by atoms with Crippen molar-refractivity contribution in [2.45, 2.75) is 38.7 Å². The molecular formula is C23H20F5N3O3. The third kappa shape index (κ3) is 4.82. The van der Waals surface area contributed by atoms with E-state index in [4.69, 9.17) is 9.47 Å². The molecule has 1 aliphatic rings. The second kappa shape index (κ2) is 8.96. The van der Waals surface area contributed by atoms with Crippen molar-refractivity contribution in [1.29, 1.82) is 0 Å². The molecule has 1 aliphatic heterocycles. The van der Waals surface area contributed by atoms with Crippen molar-refractivity contribution in [3.8, 4) is 17.4 Å². The fraction of sp³-hybridized carbons (Fsp3) is 0.304. The Bertz CT molecular complexity index is 1250. The minimum Gasteiger partial charge on any atom is -0.473 e. The molecule has 4 rings (SSSR count). The highest BCUT2D eigenvalue weighted by molar-refractivity contribution is 5.44. The van der Waals surface area contributed by atoms with Gasteiger partial charge in [0, 0.05) is 25.7 Å². The molecule has 0 N–H and O–H groups in total. The second-order valence-electron chi connectivity index (χ2n) is 7.94. The summed E-state index contributed by atoms with van der Waals surface area (Å²) in [7, 11) is 1.84. The predicted octanol–water partition coefficient (Wildman–Crippen LogP) is 5.14. The zero-order chi connectivity index (χ0) is 24.6. The summed E-state index contributed by atoms with van der Waals surface area (Å²) in [6, 6.07) is 7.35. The number of benzene rings is 2. The van der Waals surface area contributed by atoms with E-state index in [-0.39, 0.29) is 29.8 Å². The van der Waals surface area contributed by atoms with E-state index in [9.17, 15) is 26.7 Å². The molecule has 0 unspecified atom stereocenters. The van der Waals surface area contributed by atoms with Crippen molar-refractivity contribution in [2.75, 3.05) is 11.9 Å². The van der Waals surface area contributed by atoms with Crippen molar-refractivity contribution in [2.24, 2.45) is 0 Å². The number of ether oxygens (including phenoxy) is 2. The molecule has 3 aromatic rings. The summed E-state index contributed by atoms with van der Waals surface area (Å²) in [6.45, 7) is 2.24. The zero-order valence-electron chi connectivity index (χ0n) is 18.2. The van der Waals surface area contributed by atoms with Gasteiger partial charge in [-0.2, -0.15) is 18.2 Å². The van der Waals surface area contributed by atoms with Crippen molar-refractivity contribution < 1.29 is 31.4 Å². The van der Waals surface area contributed by atoms with Gasteiger partial charge in [-0.05, 0) is 49.2 Å². The molecule has 1 aromatic heterocycles. The summed E-state index contributed by atoms with van der Waals surface area (Å²) in [5, 5.41) is 0. The van der Waals surface area contributed by atoms with Gasteiger partial charge in [0.05, 0.1) is 5.56 Å². The van der Waals surface area contributed by atoms with Crippen LogP contribution in [0.4, 0.5) is 27.8 Å². The van der Waals surface area contributed by atoms with Gasteiger partial charge in [-0.1, -0.05) is 6.07 Å². The van der Waals surface area contributed by atoms with Gasteiger partial charge in [-0.15, -0.1) is 0 Å². The van der Waals surface area contributed by atoms with Crippen LogP contribution >= 0.6 is 0 Å². The molecule has 0 saturated heterocycles. The van der Waals surface area contributed by atoms with Crippen LogP contribution in [0.2, 0.25) is 0 Å². The van der Waals surface area contributed by atoms with Crippen LogP contribution in [0.3, 0.4) is 0 Å². The number of nitrogens with zero attached hydrogens (tertiary/aromatic N) is 3. The van der Waals surface area contributed by atoms with E-state index >= 15 is 0 Å². The maximum Gasteiger partial charge on any atom is 0.416 e. The van der Waals surface area contributed by atoms with Crippen LogP contribution in [0.5, 0.6) is 17.4 Å². The molecule has 2 aromatic carbocycles. The monoisotopic (exact) mass is 481 g/mol. The van der Waals surface area contributed by atoms with Gasteiger partial charge in [0.15, 0.2) is 17.4 Å².